The van der Waals surface area contributed by atoms with Crippen molar-refractivity contribution in [3.63, 3.8) is 0 Å². The first-order valence-corrected chi connectivity index (χ1v) is 5.63. The number of ether oxygens (including phenoxy) is 1. The van der Waals surface area contributed by atoms with Crippen LogP contribution < -0.4 is 10.1 Å². The minimum Gasteiger partial charge on any atom is -0.504 e. The van der Waals surface area contributed by atoms with Crippen LogP contribution in [0.25, 0.3) is 0 Å². The van der Waals surface area contributed by atoms with E-state index in [-0.39, 0.29) is 29.6 Å². The summed E-state index contributed by atoms with van der Waals surface area (Å²) < 4.78 is 4.87. The van der Waals surface area contributed by atoms with Crippen LogP contribution in [0.4, 0.5) is 0 Å². The molecule has 1 amide bonds. The fourth-order valence-corrected chi connectivity index (χ4v) is 1.30. The van der Waals surface area contributed by atoms with E-state index in [4.69, 9.17) is 4.74 Å². The fourth-order valence-electron chi connectivity index (χ4n) is 1.30. The quantitative estimate of drug-likeness (QED) is 0.828. The number of hydrogen-bond acceptors (Lipinski definition) is 4. The lowest BCUT2D eigenvalue weighted by Gasteiger charge is -2.08. The van der Waals surface area contributed by atoms with Crippen molar-refractivity contribution in [2.24, 2.45) is 5.92 Å². The molecule has 1 aromatic rings. The van der Waals surface area contributed by atoms with Crippen molar-refractivity contribution in [3.05, 3.63) is 23.8 Å². The molecule has 0 radical (unpaired) electrons. The zero-order valence-electron chi connectivity index (χ0n) is 10.7. The standard InChI is InChI=1S/C13H17NO4/c1-8(2)11(16)7-14-13(17)9-4-5-12(18-3)10(15)6-9/h4-6,8,15H,7H2,1-3H3,(H,14,17). The third-order valence-electron chi connectivity index (χ3n) is 2.51. The predicted octanol–water partition coefficient (Wildman–Crippen LogP) is 1.36. The van der Waals surface area contributed by atoms with Gasteiger partial charge in [-0.2, -0.15) is 0 Å². The molecular weight excluding hydrogens is 234 g/mol. The Hall–Kier alpha value is -2.04. The van der Waals surface area contributed by atoms with Crippen molar-refractivity contribution in [1.82, 2.24) is 5.32 Å². The Morgan fingerprint density at radius 3 is 2.56 bits per heavy atom. The molecule has 0 aliphatic rings. The van der Waals surface area contributed by atoms with Gasteiger partial charge in [0.15, 0.2) is 17.3 Å². The number of benzene rings is 1. The Morgan fingerprint density at radius 1 is 1.39 bits per heavy atom. The lowest BCUT2D eigenvalue weighted by molar-refractivity contribution is -0.120. The van der Waals surface area contributed by atoms with Crippen LogP contribution in [0.1, 0.15) is 24.2 Å². The average molecular weight is 251 g/mol. The average Bonchev–Trinajstić information content (AvgIpc) is 2.35. The Labute approximate surface area is 106 Å². The molecule has 5 nitrogen and oxygen atoms in total. The van der Waals surface area contributed by atoms with E-state index in [1.807, 2.05) is 0 Å². The topological polar surface area (TPSA) is 75.6 Å². The summed E-state index contributed by atoms with van der Waals surface area (Å²) in [5.74, 6) is -0.372. The van der Waals surface area contributed by atoms with Gasteiger partial charge in [-0.1, -0.05) is 13.8 Å². The van der Waals surface area contributed by atoms with Crippen LogP contribution in [-0.2, 0) is 4.79 Å². The number of aromatic hydroxyl groups is 1. The van der Waals surface area contributed by atoms with E-state index in [1.54, 1.807) is 13.8 Å². The van der Waals surface area contributed by atoms with Gasteiger partial charge in [0.25, 0.3) is 5.91 Å². The molecular formula is C13H17NO4. The molecule has 5 heteroatoms. The Kier molecular flexibility index (Phi) is 4.71. The van der Waals surface area contributed by atoms with E-state index in [9.17, 15) is 14.7 Å². The molecule has 0 heterocycles. The third kappa shape index (κ3) is 3.48. The smallest absolute Gasteiger partial charge is 0.251 e. The van der Waals surface area contributed by atoms with Gasteiger partial charge in [-0.25, -0.2) is 0 Å². The van der Waals surface area contributed by atoms with Crippen molar-refractivity contribution in [3.8, 4) is 11.5 Å². The number of phenolic OH excluding ortho intramolecular Hbond substituents is 1. The normalized spacial score (nSPS) is 10.2. The van der Waals surface area contributed by atoms with E-state index >= 15 is 0 Å². The van der Waals surface area contributed by atoms with Gasteiger partial charge in [-0.15, -0.1) is 0 Å². The molecule has 0 aliphatic heterocycles. The SMILES string of the molecule is COc1ccc(C(=O)NCC(=O)C(C)C)cc1O. The van der Waals surface area contributed by atoms with Gasteiger partial charge < -0.3 is 15.2 Å². The Balaban J connectivity index is 2.68. The van der Waals surface area contributed by atoms with Gasteiger partial charge in [-0.05, 0) is 18.2 Å². The molecule has 1 aromatic carbocycles. The third-order valence-corrected chi connectivity index (χ3v) is 2.51. The summed E-state index contributed by atoms with van der Waals surface area (Å²) in [6, 6.07) is 4.32. The van der Waals surface area contributed by atoms with Crippen molar-refractivity contribution in [2.75, 3.05) is 13.7 Å². The number of carbonyl (C=O) groups is 2. The number of rotatable bonds is 5. The molecule has 0 spiro atoms. The highest BCUT2D eigenvalue weighted by molar-refractivity contribution is 5.97. The molecule has 0 atom stereocenters. The number of phenols is 1. The predicted molar refractivity (Wildman–Crippen MR) is 66.8 cm³/mol. The van der Waals surface area contributed by atoms with Crippen LogP contribution >= 0.6 is 0 Å². The highest BCUT2D eigenvalue weighted by Crippen LogP contribution is 2.25. The minimum atomic E-state index is -0.401. The Bertz CT molecular complexity index is 454. The first kappa shape index (κ1) is 14.0. The van der Waals surface area contributed by atoms with Crippen molar-refractivity contribution in [1.29, 1.82) is 0 Å². The summed E-state index contributed by atoms with van der Waals surface area (Å²) in [4.78, 5) is 23.1. The van der Waals surface area contributed by atoms with E-state index < -0.39 is 5.91 Å². The number of nitrogens with one attached hydrogen (secondary N) is 1. The zero-order valence-corrected chi connectivity index (χ0v) is 10.7. The van der Waals surface area contributed by atoms with Crippen LogP contribution in [0.5, 0.6) is 11.5 Å². The van der Waals surface area contributed by atoms with E-state index in [0.717, 1.165) is 0 Å². The number of ketones is 1. The second-order valence-corrected chi connectivity index (χ2v) is 4.19. The number of amides is 1. The van der Waals surface area contributed by atoms with Crippen LogP contribution in [0.3, 0.4) is 0 Å². The first-order chi connectivity index (χ1) is 8.45. The van der Waals surface area contributed by atoms with Gasteiger partial charge in [0.2, 0.25) is 0 Å². The molecule has 0 bridgehead atoms. The zero-order chi connectivity index (χ0) is 13.7. The lowest BCUT2D eigenvalue weighted by Crippen LogP contribution is -2.31. The van der Waals surface area contributed by atoms with Gasteiger partial charge in [-0.3, -0.25) is 9.59 Å². The molecule has 2 N–H and O–H groups in total. The number of carbonyl (C=O) groups excluding carboxylic acids is 2. The van der Waals surface area contributed by atoms with Crippen molar-refractivity contribution < 1.29 is 19.4 Å². The molecule has 1 rings (SSSR count). The van der Waals surface area contributed by atoms with Crippen molar-refractivity contribution in [2.45, 2.75) is 13.8 Å². The highest BCUT2D eigenvalue weighted by atomic mass is 16.5. The molecule has 0 fully saturated rings. The van der Waals surface area contributed by atoms with Crippen LogP contribution in [0.15, 0.2) is 18.2 Å². The molecule has 18 heavy (non-hydrogen) atoms. The molecule has 98 valence electrons. The summed E-state index contributed by atoms with van der Waals surface area (Å²) in [7, 11) is 1.43. The lowest BCUT2D eigenvalue weighted by atomic mass is 10.1. The summed E-state index contributed by atoms with van der Waals surface area (Å²) >= 11 is 0. The first-order valence-electron chi connectivity index (χ1n) is 5.63. The number of hydrogen-bond donors (Lipinski definition) is 2. The second kappa shape index (κ2) is 6.05. The summed E-state index contributed by atoms with van der Waals surface area (Å²) in [6.07, 6.45) is 0. The summed E-state index contributed by atoms with van der Waals surface area (Å²) in [5, 5.41) is 12.0. The van der Waals surface area contributed by atoms with Crippen molar-refractivity contribution >= 4 is 11.7 Å². The maximum absolute atomic E-state index is 11.7. The van der Waals surface area contributed by atoms with Gasteiger partial charge in [0.1, 0.15) is 0 Å². The maximum atomic E-state index is 11.7. The maximum Gasteiger partial charge on any atom is 0.251 e. The molecule has 0 saturated carbocycles. The summed E-state index contributed by atoms with van der Waals surface area (Å²) in [5.41, 5.74) is 0.282. The molecule has 0 unspecified atom stereocenters. The Morgan fingerprint density at radius 2 is 2.06 bits per heavy atom. The monoisotopic (exact) mass is 251 g/mol. The van der Waals surface area contributed by atoms with E-state index in [2.05, 4.69) is 5.32 Å². The van der Waals surface area contributed by atoms with E-state index in [0.29, 0.717) is 5.75 Å². The minimum absolute atomic E-state index is 0.0106. The highest BCUT2D eigenvalue weighted by Gasteiger charge is 2.12. The van der Waals surface area contributed by atoms with Gasteiger partial charge >= 0.3 is 0 Å². The molecule has 0 aromatic heterocycles. The number of methoxy groups -OCH3 is 1. The number of Topliss-reactive ketones (excluding diaryl/α,β-unsaturated/α-hetero) is 1. The molecule has 0 aliphatic carbocycles. The summed E-state index contributed by atoms with van der Waals surface area (Å²) in [6.45, 7) is 3.53. The fraction of sp³-hybridized carbons (Fsp3) is 0.385. The largest absolute Gasteiger partial charge is 0.504 e. The van der Waals surface area contributed by atoms with E-state index in [1.165, 1.54) is 25.3 Å². The van der Waals surface area contributed by atoms with Crippen LogP contribution in [0.2, 0.25) is 0 Å². The van der Waals surface area contributed by atoms with Crippen LogP contribution in [-0.4, -0.2) is 30.5 Å². The second-order valence-electron chi connectivity index (χ2n) is 4.19. The molecule has 0 saturated heterocycles. The van der Waals surface area contributed by atoms with Gasteiger partial charge in [0, 0.05) is 11.5 Å². The van der Waals surface area contributed by atoms with Crippen LogP contribution in [0, 0.1) is 5.92 Å². The van der Waals surface area contributed by atoms with Gasteiger partial charge in [0.05, 0.1) is 13.7 Å².